The number of aliphatic hydroxyl groups is 1. The summed E-state index contributed by atoms with van der Waals surface area (Å²) in [4.78, 5) is 11.1. The first-order valence-electron chi connectivity index (χ1n) is 9.44. The molecule has 1 unspecified atom stereocenters. The van der Waals surface area contributed by atoms with Crippen molar-refractivity contribution in [3.63, 3.8) is 0 Å². The van der Waals surface area contributed by atoms with Crippen molar-refractivity contribution in [2.24, 2.45) is 5.73 Å². The highest BCUT2D eigenvalue weighted by atomic mass is 32.2. The van der Waals surface area contributed by atoms with Crippen LogP contribution >= 0.6 is 0 Å². The first-order valence-corrected chi connectivity index (χ1v) is 11.3. The molecule has 1 atom stereocenters. The molecule has 8 nitrogen and oxygen atoms in total. The molecule has 0 saturated carbocycles. The van der Waals surface area contributed by atoms with Crippen LogP contribution in [-0.4, -0.2) is 42.9 Å². The summed E-state index contributed by atoms with van der Waals surface area (Å²) in [5.74, 6) is -0.605. The third-order valence-corrected chi connectivity index (χ3v) is 5.08. The number of primary amides is 1. The lowest BCUT2D eigenvalue weighted by Crippen LogP contribution is -2.43. The number of carbonyl (C=O) groups is 1. The van der Waals surface area contributed by atoms with Gasteiger partial charge in [0.05, 0.1) is 24.5 Å². The highest BCUT2D eigenvalue weighted by Crippen LogP contribution is 2.28. The summed E-state index contributed by atoms with van der Waals surface area (Å²) in [6.07, 6.45) is 0.914. The zero-order valence-electron chi connectivity index (χ0n) is 17.3. The van der Waals surface area contributed by atoms with Crippen molar-refractivity contribution in [1.29, 1.82) is 0 Å². The number of amides is 1. The molecule has 2 rings (SSSR count). The summed E-state index contributed by atoms with van der Waals surface area (Å²) in [7, 11) is -3.56. The summed E-state index contributed by atoms with van der Waals surface area (Å²) in [6.45, 7) is 4.21. The number of hydrogen-bond acceptors (Lipinski definition) is 6. The predicted molar refractivity (Wildman–Crippen MR) is 117 cm³/mol. The normalized spacial score (nSPS) is 13.1. The lowest BCUT2D eigenvalue weighted by atomic mass is 9.93. The van der Waals surface area contributed by atoms with Gasteiger partial charge in [0.15, 0.2) is 0 Å². The lowest BCUT2D eigenvalue weighted by molar-refractivity contribution is -0.117. The largest absolute Gasteiger partial charge is 0.506 e. The summed E-state index contributed by atoms with van der Waals surface area (Å²) < 4.78 is 25.1. The minimum atomic E-state index is -3.56. The summed E-state index contributed by atoms with van der Waals surface area (Å²) in [6, 6.07) is 11.9. The standard InChI is InChI=1S/C21H29N3O5S/c1-21(2,12-15-6-4-5-14(9-15)10-20(22)27)23-13-19(26)16-7-8-18(25)17(11-16)24-30(3,28)29/h4-9,11,19,23-26H,10,12-13H2,1-3H3,(H2,22,27). The van der Waals surface area contributed by atoms with Crippen molar-refractivity contribution in [2.75, 3.05) is 17.5 Å². The Bertz CT molecular complexity index is 1010. The Morgan fingerprint density at radius 2 is 1.83 bits per heavy atom. The van der Waals surface area contributed by atoms with Gasteiger partial charge in [-0.3, -0.25) is 9.52 Å². The average molecular weight is 436 g/mol. The molecule has 0 radical (unpaired) electrons. The van der Waals surface area contributed by atoms with E-state index < -0.39 is 16.1 Å². The fourth-order valence-corrected chi connectivity index (χ4v) is 3.72. The van der Waals surface area contributed by atoms with E-state index in [0.29, 0.717) is 12.0 Å². The minimum Gasteiger partial charge on any atom is -0.506 e. The van der Waals surface area contributed by atoms with Crippen LogP contribution in [0.1, 0.15) is 36.6 Å². The number of anilines is 1. The zero-order chi connectivity index (χ0) is 22.5. The number of phenolic OH excluding ortho intramolecular Hbond substituents is 1. The van der Waals surface area contributed by atoms with Crippen LogP contribution < -0.4 is 15.8 Å². The molecule has 0 aliphatic heterocycles. The van der Waals surface area contributed by atoms with Crippen LogP contribution in [0.5, 0.6) is 5.75 Å². The zero-order valence-corrected chi connectivity index (χ0v) is 18.2. The van der Waals surface area contributed by atoms with Gasteiger partial charge in [-0.15, -0.1) is 0 Å². The fourth-order valence-electron chi connectivity index (χ4n) is 3.16. The van der Waals surface area contributed by atoms with Gasteiger partial charge >= 0.3 is 0 Å². The summed E-state index contributed by atoms with van der Waals surface area (Å²) in [5.41, 5.74) is 7.26. The van der Waals surface area contributed by atoms with E-state index in [1.165, 1.54) is 18.2 Å². The van der Waals surface area contributed by atoms with Gasteiger partial charge in [0, 0.05) is 12.1 Å². The molecule has 0 bridgehead atoms. The minimum absolute atomic E-state index is 0.0135. The molecule has 2 aromatic rings. The Kier molecular flexibility index (Phi) is 7.46. The molecule has 0 fully saturated rings. The highest BCUT2D eigenvalue weighted by molar-refractivity contribution is 7.92. The third-order valence-electron chi connectivity index (χ3n) is 4.49. The molecule has 0 aliphatic carbocycles. The van der Waals surface area contributed by atoms with Crippen LogP contribution in [0.2, 0.25) is 0 Å². The molecule has 0 aliphatic rings. The fraction of sp³-hybridized carbons (Fsp3) is 0.381. The highest BCUT2D eigenvalue weighted by Gasteiger charge is 2.21. The van der Waals surface area contributed by atoms with E-state index in [4.69, 9.17) is 5.73 Å². The van der Waals surface area contributed by atoms with Crippen molar-refractivity contribution in [3.05, 3.63) is 59.2 Å². The quantitative estimate of drug-likeness (QED) is 0.358. The molecule has 0 aromatic heterocycles. The SMILES string of the molecule is CC(C)(Cc1cccc(CC(N)=O)c1)NCC(O)c1ccc(O)c(NS(C)(=O)=O)c1. The number of aliphatic hydroxyl groups excluding tert-OH is 1. The van der Waals surface area contributed by atoms with Gasteiger partial charge < -0.3 is 21.3 Å². The third kappa shape index (κ3) is 7.66. The number of β-amino-alcohol motifs (C(OH)–C–C–N with tert-alkyl or cyclic N) is 1. The van der Waals surface area contributed by atoms with Crippen LogP contribution in [0.4, 0.5) is 5.69 Å². The first kappa shape index (κ1) is 23.7. The smallest absolute Gasteiger partial charge is 0.229 e. The van der Waals surface area contributed by atoms with E-state index in [9.17, 15) is 23.4 Å². The molecule has 1 amide bonds. The van der Waals surface area contributed by atoms with Gasteiger partial charge in [0.2, 0.25) is 15.9 Å². The van der Waals surface area contributed by atoms with E-state index in [1.54, 1.807) is 0 Å². The average Bonchev–Trinajstić information content (AvgIpc) is 2.60. The molecule has 6 N–H and O–H groups in total. The van der Waals surface area contributed by atoms with Gasteiger partial charge in [-0.1, -0.05) is 30.3 Å². The van der Waals surface area contributed by atoms with Crippen molar-refractivity contribution in [3.8, 4) is 5.75 Å². The van der Waals surface area contributed by atoms with Crippen LogP contribution in [0, 0.1) is 0 Å². The van der Waals surface area contributed by atoms with Crippen molar-refractivity contribution < 1.29 is 23.4 Å². The number of nitrogens with one attached hydrogen (secondary N) is 2. The maximum atomic E-state index is 11.4. The van der Waals surface area contributed by atoms with Gasteiger partial charge in [-0.05, 0) is 49.1 Å². The Morgan fingerprint density at radius 3 is 2.47 bits per heavy atom. The maximum Gasteiger partial charge on any atom is 0.229 e. The monoisotopic (exact) mass is 435 g/mol. The van der Waals surface area contributed by atoms with Crippen LogP contribution in [0.15, 0.2) is 42.5 Å². The van der Waals surface area contributed by atoms with Gasteiger partial charge in [0.25, 0.3) is 0 Å². The number of carbonyl (C=O) groups excluding carboxylic acids is 1. The van der Waals surface area contributed by atoms with Crippen LogP contribution in [0.3, 0.4) is 0 Å². The predicted octanol–water partition coefficient (Wildman–Crippen LogP) is 1.44. The molecule has 0 heterocycles. The number of benzene rings is 2. The molecule has 0 spiro atoms. The Hall–Kier alpha value is -2.62. The second-order valence-electron chi connectivity index (χ2n) is 8.07. The topological polar surface area (TPSA) is 142 Å². The Labute approximate surface area is 177 Å². The lowest BCUT2D eigenvalue weighted by Gasteiger charge is -2.28. The number of rotatable bonds is 10. The molecular weight excluding hydrogens is 406 g/mol. The van der Waals surface area contributed by atoms with Crippen molar-refractivity contribution in [1.82, 2.24) is 5.32 Å². The summed E-state index contributed by atoms with van der Waals surface area (Å²) >= 11 is 0. The molecule has 164 valence electrons. The molecule has 9 heteroatoms. The van der Waals surface area contributed by atoms with E-state index in [0.717, 1.165) is 17.4 Å². The van der Waals surface area contributed by atoms with Crippen LogP contribution in [-0.2, 0) is 27.7 Å². The van der Waals surface area contributed by atoms with E-state index in [1.807, 2.05) is 38.1 Å². The Balaban J connectivity index is 2.03. The first-order chi connectivity index (χ1) is 13.8. The van der Waals surface area contributed by atoms with Gasteiger partial charge in [0.1, 0.15) is 5.75 Å². The number of hydrogen-bond donors (Lipinski definition) is 5. The number of phenols is 1. The van der Waals surface area contributed by atoms with Crippen LogP contribution in [0.25, 0.3) is 0 Å². The number of aromatic hydroxyl groups is 1. The summed E-state index contributed by atoms with van der Waals surface area (Å²) in [5, 5.41) is 23.7. The van der Waals surface area contributed by atoms with Gasteiger partial charge in [-0.25, -0.2) is 8.42 Å². The maximum absolute atomic E-state index is 11.4. The molecule has 30 heavy (non-hydrogen) atoms. The number of sulfonamides is 1. The van der Waals surface area contributed by atoms with E-state index >= 15 is 0 Å². The molecule has 2 aromatic carbocycles. The van der Waals surface area contributed by atoms with E-state index in [-0.39, 0.29) is 35.8 Å². The van der Waals surface area contributed by atoms with Crippen molar-refractivity contribution in [2.45, 2.75) is 38.3 Å². The molecule has 0 saturated heterocycles. The van der Waals surface area contributed by atoms with Crippen molar-refractivity contribution >= 4 is 21.6 Å². The Morgan fingerprint density at radius 1 is 1.17 bits per heavy atom. The second kappa shape index (κ2) is 9.46. The molecular formula is C21H29N3O5S. The van der Waals surface area contributed by atoms with Gasteiger partial charge in [-0.2, -0.15) is 0 Å². The number of nitrogens with two attached hydrogens (primary N) is 1. The second-order valence-corrected chi connectivity index (χ2v) is 9.82. The van der Waals surface area contributed by atoms with E-state index in [2.05, 4.69) is 10.0 Å².